The summed E-state index contributed by atoms with van der Waals surface area (Å²) < 4.78 is 0. The van der Waals surface area contributed by atoms with Crippen molar-refractivity contribution in [1.29, 1.82) is 0 Å². The summed E-state index contributed by atoms with van der Waals surface area (Å²) in [6, 6.07) is 0. The zero-order chi connectivity index (χ0) is 46.3. The van der Waals surface area contributed by atoms with Crippen molar-refractivity contribution in [3.05, 3.63) is 117 Å². The summed E-state index contributed by atoms with van der Waals surface area (Å²) in [5, 5.41) is 61.0. The molecule has 5 aliphatic heterocycles. The van der Waals surface area contributed by atoms with Crippen LogP contribution in [0.25, 0.3) is 0 Å². The van der Waals surface area contributed by atoms with E-state index in [4.69, 9.17) is 19.8 Å². The molecular formula is C44H45N7Na4O12. The van der Waals surface area contributed by atoms with Gasteiger partial charge in [-0.25, -0.2) is 15.0 Å². The summed E-state index contributed by atoms with van der Waals surface area (Å²) in [5.74, 6) is -8.28. The normalized spacial score (nSPS) is 18.1. The second-order valence-electron chi connectivity index (χ2n) is 15.0. The van der Waals surface area contributed by atoms with Crippen molar-refractivity contribution in [1.82, 2.24) is 20.6 Å². The number of carboxylic acids is 4. The third kappa shape index (κ3) is 15.4. The van der Waals surface area contributed by atoms with Crippen molar-refractivity contribution >= 4 is 52.8 Å². The fourth-order valence-corrected chi connectivity index (χ4v) is 7.45. The van der Waals surface area contributed by atoms with Crippen molar-refractivity contribution in [2.45, 2.75) is 65.9 Å². The first kappa shape index (κ1) is 61.8. The van der Waals surface area contributed by atoms with Crippen molar-refractivity contribution < 1.29 is 177 Å². The molecule has 0 aromatic carbocycles. The van der Waals surface area contributed by atoms with Crippen LogP contribution in [0.5, 0.6) is 0 Å². The van der Waals surface area contributed by atoms with Gasteiger partial charge in [0, 0.05) is 35.9 Å². The number of carbonyl (C=O) groups is 6. The molecule has 0 saturated carbocycles. The maximum Gasteiger partial charge on any atom is 1.00 e. The SMILES string of the molecule is C=CC1=C(C)C2=CC3=NC(=CC4=NC(=CC5=C(C=CNOCC)C(C)(O)C(=CC1=N2)N5)C(C)=C4CCC(=O)N(CC(=O)[O-])CC(=O)[O-])C(CCC(=O)N(CC(=O)[O-])CC(=O)[O-])=C3C.[Na+].[Na+].[Na+].[Na+]. The van der Waals surface area contributed by atoms with E-state index in [1.807, 2.05) is 6.92 Å². The molecule has 0 aromatic heterocycles. The van der Waals surface area contributed by atoms with Gasteiger partial charge in [-0.3, -0.25) is 19.9 Å². The topological polar surface area (TPSA) is 292 Å². The number of hydroxylamine groups is 1. The van der Waals surface area contributed by atoms with Crippen LogP contribution >= 0.6 is 0 Å². The zero-order valence-corrected chi connectivity index (χ0v) is 47.3. The summed E-state index contributed by atoms with van der Waals surface area (Å²) in [5.41, 5.74) is 8.28. The molecule has 19 nitrogen and oxygen atoms in total. The smallest absolute Gasteiger partial charge is 0.548 e. The first-order valence-electron chi connectivity index (χ1n) is 19.8. The molecule has 0 aromatic rings. The Kier molecular flexibility index (Phi) is 25.1. The third-order valence-electron chi connectivity index (χ3n) is 10.7. The van der Waals surface area contributed by atoms with Crippen LogP contribution < -0.4 is 149 Å². The molecular weight excluding hydrogens is 910 g/mol. The predicted octanol–water partition coefficient (Wildman–Crippen LogP) is -14.1. The van der Waals surface area contributed by atoms with Crippen LogP contribution in [0.1, 0.15) is 60.3 Å². The van der Waals surface area contributed by atoms with Gasteiger partial charge in [0.25, 0.3) is 0 Å². The summed E-state index contributed by atoms with van der Waals surface area (Å²) in [6.45, 7) is 9.16. The monoisotopic (exact) mass is 955 g/mol. The predicted molar refractivity (Wildman–Crippen MR) is 219 cm³/mol. The van der Waals surface area contributed by atoms with Crippen LogP contribution in [-0.2, 0) is 33.6 Å². The molecule has 0 fully saturated rings. The number of aliphatic carboxylic acids is 4. The van der Waals surface area contributed by atoms with E-state index in [1.54, 1.807) is 64.2 Å². The number of rotatable bonds is 19. The molecule has 1 unspecified atom stereocenters. The van der Waals surface area contributed by atoms with E-state index in [2.05, 4.69) is 17.4 Å². The molecule has 2 amide bonds. The molecule has 5 heterocycles. The van der Waals surface area contributed by atoms with Crippen LogP contribution in [0, 0.1) is 0 Å². The van der Waals surface area contributed by atoms with E-state index >= 15 is 0 Å². The average molecular weight is 956 g/mol. The Hall–Kier alpha value is -3.25. The van der Waals surface area contributed by atoms with E-state index in [0.29, 0.717) is 95.5 Å². The van der Waals surface area contributed by atoms with Gasteiger partial charge in [0.1, 0.15) is 5.60 Å². The number of nitrogens with zero attached hydrogens (tertiary/aromatic N) is 5. The van der Waals surface area contributed by atoms with Gasteiger partial charge in [0.05, 0.1) is 96.6 Å². The summed E-state index contributed by atoms with van der Waals surface area (Å²) in [6.07, 6.45) is 10.7. The standard InChI is InChI=1S/C44H49N7O12.4Na/c1-7-26-23(3)30-15-31-24(4)27(9-11-38(52)50(19-40(54)55)20-41(56)57)33(46-31)17-34-28(10-12-39(53)51(21-42(58)59)22-43(60)61)25(5)32(47-34)16-36-29(13-14-45-63-8-2)44(6,62)37(49-36)18-35(26)48-30;;;;/h7,13-18,45,49,62H,1,8-12,19-22H2,2-6H3,(H,54,55)(H,56,57)(H,58,59)(H,60,61);;;;/q;4*+1/p-4. The van der Waals surface area contributed by atoms with Crippen LogP contribution in [-0.4, -0.2) is 106 Å². The minimum absolute atomic E-state index is 0. The summed E-state index contributed by atoms with van der Waals surface area (Å²) in [7, 11) is 0. The Balaban J connectivity index is 0.00000561. The molecule has 1 atom stereocenters. The number of amides is 2. The molecule has 3 N–H and O–H groups in total. The van der Waals surface area contributed by atoms with Gasteiger partial charge in [-0.1, -0.05) is 12.7 Å². The fraction of sp³-hybridized carbons (Fsp3) is 0.341. The first-order chi connectivity index (χ1) is 29.7. The van der Waals surface area contributed by atoms with Crippen molar-refractivity contribution in [2.24, 2.45) is 15.0 Å². The molecule has 8 bridgehead atoms. The quantitative estimate of drug-likeness (QED) is 0.0616. The molecule has 332 valence electrons. The third-order valence-corrected chi connectivity index (χ3v) is 10.7. The number of carboxylic acid groups (broad SMARTS) is 4. The number of hydrogen-bond acceptors (Lipinski definition) is 17. The number of aliphatic imine (C=N–C) groups is 3. The maximum atomic E-state index is 13.3. The van der Waals surface area contributed by atoms with Gasteiger partial charge < -0.3 is 59.8 Å². The average Bonchev–Trinajstić information content (AvgIpc) is 3.84. The number of carbonyl (C=O) groups excluding carboxylic acids is 6. The van der Waals surface area contributed by atoms with Crippen LogP contribution in [0.3, 0.4) is 0 Å². The van der Waals surface area contributed by atoms with Gasteiger partial charge in [-0.15, -0.1) is 0 Å². The number of nitrogens with one attached hydrogen (secondary N) is 2. The summed E-state index contributed by atoms with van der Waals surface area (Å²) >= 11 is 0. The Labute approximate surface area is 475 Å². The van der Waals surface area contributed by atoms with E-state index in [0.717, 1.165) is 5.57 Å². The molecule has 67 heavy (non-hydrogen) atoms. The van der Waals surface area contributed by atoms with Crippen molar-refractivity contribution in [2.75, 3.05) is 32.8 Å². The van der Waals surface area contributed by atoms with E-state index in [9.17, 15) is 54.3 Å². The fourth-order valence-electron chi connectivity index (χ4n) is 7.45. The molecule has 23 heteroatoms. The Morgan fingerprint density at radius 1 is 0.716 bits per heavy atom. The van der Waals surface area contributed by atoms with Gasteiger partial charge in [-0.2, -0.15) is 0 Å². The zero-order valence-electron chi connectivity index (χ0n) is 39.3. The van der Waals surface area contributed by atoms with E-state index in [-0.39, 0.29) is 144 Å². The van der Waals surface area contributed by atoms with Crippen LogP contribution in [0.4, 0.5) is 0 Å². The Morgan fingerprint density at radius 3 is 1.70 bits per heavy atom. The Morgan fingerprint density at radius 2 is 1.19 bits per heavy atom. The summed E-state index contributed by atoms with van der Waals surface area (Å²) in [4.78, 5) is 93.4. The molecule has 0 aliphatic carbocycles. The molecule has 5 aliphatic rings. The largest absolute Gasteiger partial charge is 1.00 e. The van der Waals surface area contributed by atoms with Crippen LogP contribution in [0.2, 0.25) is 0 Å². The maximum absolute atomic E-state index is 13.3. The van der Waals surface area contributed by atoms with Crippen molar-refractivity contribution in [3.63, 3.8) is 0 Å². The second-order valence-corrected chi connectivity index (χ2v) is 15.0. The second kappa shape index (κ2) is 27.2. The van der Waals surface area contributed by atoms with Gasteiger partial charge in [0.2, 0.25) is 11.8 Å². The molecule has 0 radical (unpaired) electrons. The number of aliphatic hydroxyl groups is 1. The van der Waals surface area contributed by atoms with Crippen LogP contribution in [0.15, 0.2) is 132 Å². The molecule has 5 rings (SSSR count). The minimum Gasteiger partial charge on any atom is -0.548 e. The number of allylic oxidation sites excluding steroid dienone is 11. The Bertz CT molecular complexity index is 2440. The van der Waals surface area contributed by atoms with Gasteiger partial charge >= 0.3 is 118 Å². The van der Waals surface area contributed by atoms with Gasteiger partial charge in [-0.05, 0) is 106 Å². The van der Waals surface area contributed by atoms with E-state index in [1.165, 1.54) is 6.20 Å². The van der Waals surface area contributed by atoms with E-state index < -0.39 is 67.5 Å². The minimum atomic E-state index is -1.67. The van der Waals surface area contributed by atoms with Crippen molar-refractivity contribution in [3.8, 4) is 0 Å². The number of hydrogen-bond donors (Lipinski definition) is 3. The first-order valence-corrected chi connectivity index (χ1v) is 19.8. The number of fused-ring (bicyclic) bond motifs is 5. The van der Waals surface area contributed by atoms with Gasteiger partial charge in [0.15, 0.2) is 0 Å². The molecule has 0 spiro atoms. The molecule has 0 saturated heterocycles.